The van der Waals surface area contributed by atoms with E-state index in [0.717, 1.165) is 0 Å². The highest BCUT2D eigenvalue weighted by Gasteiger charge is 2.11. The van der Waals surface area contributed by atoms with Gasteiger partial charge in [0.15, 0.2) is 5.76 Å². The van der Waals surface area contributed by atoms with Gasteiger partial charge in [-0.15, -0.1) is 5.10 Å². The van der Waals surface area contributed by atoms with Crippen LogP contribution in [0.4, 0.5) is 0 Å². The van der Waals surface area contributed by atoms with Crippen molar-refractivity contribution in [2.24, 2.45) is 0 Å². The molecular formula is C11H5ClN6O. The van der Waals surface area contributed by atoms with Gasteiger partial charge in [0.25, 0.3) is 0 Å². The Morgan fingerprint density at radius 1 is 1.47 bits per heavy atom. The molecule has 0 unspecified atom stereocenters. The zero-order valence-electron chi connectivity index (χ0n) is 9.32. The molecule has 0 atom stereocenters. The van der Waals surface area contributed by atoms with Gasteiger partial charge in [-0.3, -0.25) is 0 Å². The maximum absolute atomic E-state index is 9.29. The molecular weight excluding hydrogens is 268 g/mol. The SMILES string of the molecule is N#C/C(O)=C\c1nc2cc(Cl)ccc2n2nnnc12. The summed E-state index contributed by atoms with van der Waals surface area (Å²) in [6, 6.07) is 6.70. The van der Waals surface area contributed by atoms with Gasteiger partial charge in [-0.1, -0.05) is 11.6 Å². The van der Waals surface area contributed by atoms with E-state index in [1.807, 2.05) is 0 Å². The summed E-state index contributed by atoms with van der Waals surface area (Å²) in [6.45, 7) is 0. The van der Waals surface area contributed by atoms with Crippen molar-refractivity contribution < 1.29 is 5.11 Å². The number of fused-ring (bicyclic) bond motifs is 3. The Bertz CT molecular complexity index is 863. The van der Waals surface area contributed by atoms with Gasteiger partial charge in [0.05, 0.1) is 11.0 Å². The molecule has 1 N–H and O–H groups in total. The Hall–Kier alpha value is -2.72. The van der Waals surface area contributed by atoms with E-state index in [1.54, 1.807) is 24.3 Å². The van der Waals surface area contributed by atoms with Crippen LogP contribution < -0.4 is 0 Å². The molecule has 0 aliphatic carbocycles. The van der Waals surface area contributed by atoms with Gasteiger partial charge in [0.2, 0.25) is 5.65 Å². The minimum absolute atomic E-state index is 0.291. The van der Waals surface area contributed by atoms with Gasteiger partial charge in [-0.05, 0) is 28.6 Å². The average molecular weight is 273 g/mol. The maximum atomic E-state index is 9.29. The lowest BCUT2D eigenvalue weighted by molar-refractivity contribution is 0.441. The minimum atomic E-state index is -0.473. The van der Waals surface area contributed by atoms with Crippen molar-refractivity contribution in [2.75, 3.05) is 0 Å². The summed E-state index contributed by atoms with van der Waals surface area (Å²) in [6.07, 6.45) is 1.20. The van der Waals surface area contributed by atoms with Crippen LogP contribution in [0.1, 0.15) is 5.69 Å². The maximum Gasteiger partial charge on any atom is 0.205 e. The number of tetrazole rings is 1. The monoisotopic (exact) mass is 272 g/mol. The molecule has 0 spiro atoms. The second-order valence-electron chi connectivity index (χ2n) is 3.69. The van der Waals surface area contributed by atoms with Crippen molar-refractivity contribution in [1.82, 2.24) is 25.0 Å². The van der Waals surface area contributed by atoms with E-state index in [0.29, 0.717) is 27.4 Å². The third-order valence-corrected chi connectivity index (χ3v) is 2.73. The fourth-order valence-corrected chi connectivity index (χ4v) is 1.88. The van der Waals surface area contributed by atoms with Crippen LogP contribution in [0.3, 0.4) is 0 Å². The molecule has 8 heteroatoms. The van der Waals surface area contributed by atoms with Gasteiger partial charge in [0.1, 0.15) is 11.8 Å². The summed E-state index contributed by atoms with van der Waals surface area (Å²) in [5, 5.41) is 29.6. The van der Waals surface area contributed by atoms with E-state index < -0.39 is 5.76 Å². The van der Waals surface area contributed by atoms with Gasteiger partial charge in [-0.25, -0.2) is 4.98 Å². The zero-order chi connectivity index (χ0) is 13.4. The summed E-state index contributed by atoms with van der Waals surface area (Å²) in [5.74, 6) is -0.473. The molecule has 3 rings (SSSR count). The van der Waals surface area contributed by atoms with Crippen LogP contribution in [0, 0.1) is 11.3 Å². The number of hydrogen-bond acceptors (Lipinski definition) is 6. The van der Waals surface area contributed by atoms with Crippen molar-refractivity contribution in [2.45, 2.75) is 0 Å². The van der Waals surface area contributed by atoms with Crippen molar-refractivity contribution in [3.05, 3.63) is 34.7 Å². The summed E-state index contributed by atoms with van der Waals surface area (Å²) < 4.78 is 1.47. The molecule has 0 aliphatic rings. The van der Waals surface area contributed by atoms with E-state index in [-0.39, 0.29) is 0 Å². The second-order valence-corrected chi connectivity index (χ2v) is 4.12. The van der Waals surface area contributed by atoms with Gasteiger partial charge in [-0.2, -0.15) is 9.78 Å². The normalized spacial score (nSPS) is 11.9. The molecule has 0 saturated heterocycles. The first-order valence-corrected chi connectivity index (χ1v) is 5.55. The van der Waals surface area contributed by atoms with E-state index in [2.05, 4.69) is 20.5 Å². The molecule has 19 heavy (non-hydrogen) atoms. The first kappa shape index (κ1) is 11.4. The third kappa shape index (κ3) is 1.84. The third-order valence-electron chi connectivity index (χ3n) is 2.49. The van der Waals surface area contributed by atoms with E-state index in [4.69, 9.17) is 16.9 Å². The highest BCUT2D eigenvalue weighted by atomic mass is 35.5. The Labute approximate surface area is 111 Å². The Morgan fingerprint density at radius 3 is 3.11 bits per heavy atom. The summed E-state index contributed by atoms with van der Waals surface area (Å²) >= 11 is 5.91. The fraction of sp³-hybridized carbons (Fsp3) is 0. The van der Waals surface area contributed by atoms with Gasteiger partial charge >= 0.3 is 0 Å². The number of rotatable bonds is 1. The highest BCUT2D eigenvalue weighted by Crippen LogP contribution is 2.20. The second kappa shape index (κ2) is 4.19. The first-order valence-electron chi connectivity index (χ1n) is 5.17. The molecule has 1 aromatic carbocycles. The van der Waals surface area contributed by atoms with Gasteiger partial charge in [0, 0.05) is 11.1 Å². The van der Waals surface area contributed by atoms with Gasteiger partial charge < -0.3 is 5.11 Å². The first-order chi connectivity index (χ1) is 9.19. The molecule has 7 nitrogen and oxygen atoms in total. The van der Waals surface area contributed by atoms with E-state index in [1.165, 1.54) is 10.6 Å². The summed E-state index contributed by atoms with van der Waals surface area (Å²) in [4.78, 5) is 4.29. The van der Waals surface area contributed by atoms with E-state index >= 15 is 0 Å². The van der Waals surface area contributed by atoms with Crippen molar-refractivity contribution in [3.8, 4) is 6.07 Å². The number of nitriles is 1. The number of halogens is 1. The average Bonchev–Trinajstić information content (AvgIpc) is 2.87. The molecule has 0 bridgehead atoms. The molecule has 0 saturated carbocycles. The lowest BCUT2D eigenvalue weighted by Gasteiger charge is -2.02. The molecule has 3 aromatic rings. The van der Waals surface area contributed by atoms with Crippen molar-refractivity contribution in [1.29, 1.82) is 5.26 Å². The van der Waals surface area contributed by atoms with Crippen molar-refractivity contribution >= 4 is 34.4 Å². The lowest BCUT2D eigenvalue weighted by atomic mass is 10.2. The Kier molecular flexibility index (Phi) is 2.51. The molecule has 2 heterocycles. The van der Waals surface area contributed by atoms with Crippen molar-refractivity contribution in [3.63, 3.8) is 0 Å². The molecule has 0 radical (unpaired) electrons. The number of allylic oxidation sites excluding steroid dienone is 1. The largest absolute Gasteiger partial charge is 0.499 e. The number of aromatic nitrogens is 5. The lowest BCUT2D eigenvalue weighted by Crippen LogP contribution is -1.97. The molecule has 2 aromatic heterocycles. The summed E-state index contributed by atoms with van der Waals surface area (Å²) in [5.41, 5.74) is 1.87. The zero-order valence-corrected chi connectivity index (χ0v) is 10.1. The van der Waals surface area contributed by atoms with Crippen LogP contribution in [0.15, 0.2) is 24.0 Å². The fourth-order valence-electron chi connectivity index (χ4n) is 1.71. The number of benzene rings is 1. The molecule has 92 valence electrons. The standard InChI is InChI=1S/C11H5ClN6O/c12-6-1-2-10-8(3-6)14-9(4-7(19)5-13)11-15-16-17-18(10)11/h1-4,19H/b7-4+. The van der Waals surface area contributed by atoms with Crippen LogP contribution in [0.25, 0.3) is 22.8 Å². The number of hydrogen-bond donors (Lipinski definition) is 1. The van der Waals surface area contributed by atoms with Crippen LogP contribution >= 0.6 is 11.6 Å². The Balaban J connectivity index is 2.43. The number of aliphatic hydroxyl groups is 1. The highest BCUT2D eigenvalue weighted by molar-refractivity contribution is 6.31. The minimum Gasteiger partial charge on any atom is -0.499 e. The quantitative estimate of drug-likeness (QED) is 0.411. The van der Waals surface area contributed by atoms with Crippen LogP contribution in [0.2, 0.25) is 5.02 Å². The number of nitrogens with zero attached hydrogens (tertiary/aromatic N) is 6. The van der Waals surface area contributed by atoms with Crippen LogP contribution in [0.5, 0.6) is 0 Å². The number of aliphatic hydroxyl groups excluding tert-OH is 1. The molecule has 0 amide bonds. The molecule has 0 aliphatic heterocycles. The van der Waals surface area contributed by atoms with Crippen LogP contribution in [-0.4, -0.2) is 30.1 Å². The van der Waals surface area contributed by atoms with E-state index in [9.17, 15) is 5.11 Å². The smallest absolute Gasteiger partial charge is 0.205 e. The molecule has 0 fully saturated rings. The predicted molar refractivity (Wildman–Crippen MR) is 67.3 cm³/mol. The predicted octanol–water partition coefficient (Wildman–Crippen LogP) is 1.75. The summed E-state index contributed by atoms with van der Waals surface area (Å²) in [7, 11) is 0. The topological polar surface area (TPSA) is 100.0 Å². The Morgan fingerprint density at radius 2 is 2.32 bits per heavy atom. The van der Waals surface area contributed by atoms with Crippen LogP contribution in [-0.2, 0) is 0 Å².